The zero-order valence-electron chi connectivity index (χ0n) is 16.2. The fourth-order valence-corrected chi connectivity index (χ4v) is 5.17. The molecule has 0 aliphatic carbocycles. The van der Waals surface area contributed by atoms with Gasteiger partial charge in [-0.25, -0.2) is 8.42 Å². The number of halogens is 1. The summed E-state index contributed by atoms with van der Waals surface area (Å²) in [4.78, 5) is 14.5. The lowest BCUT2D eigenvalue weighted by Crippen LogP contribution is -2.36. The Morgan fingerprint density at radius 1 is 1.22 bits per heavy atom. The van der Waals surface area contributed by atoms with Crippen molar-refractivity contribution in [1.29, 1.82) is 0 Å². The van der Waals surface area contributed by atoms with E-state index in [-0.39, 0.29) is 22.4 Å². The Labute approximate surface area is 167 Å². The molecule has 1 fully saturated rings. The van der Waals surface area contributed by atoms with Crippen LogP contribution in [0.4, 0.5) is 5.69 Å². The molecule has 6 nitrogen and oxygen atoms in total. The number of carbonyl (C=O) groups excluding carboxylic acids is 1. The van der Waals surface area contributed by atoms with Crippen LogP contribution in [-0.4, -0.2) is 56.3 Å². The lowest BCUT2D eigenvalue weighted by Gasteiger charge is -2.26. The van der Waals surface area contributed by atoms with Gasteiger partial charge >= 0.3 is 0 Å². The minimum absolute atomic E-state index is 0.0576. The van der Waals surface area contributed by atoms with Gasteiger partial charge in [0, 0.05) is 18.8 Å². The van der Waals surface area contributed by atoms with Gasteiger partial charge in [0.2, 0.25) is 15.9 Å². The highest BCUT2D eigenvalue weighted by molar-refractivity contribution is 7.89. The van der Waals surface area contributed by atoms with E-state index in [2.05, 4.69) is 17.1 Å². The molecule has 0 spiro atoms. The number of piperidine rings is 1. The summed E-state index contributed by atoms with van der Waals surface area (Å²) in [5.74, 6) is -0.156. The number of sulfonamides is 1. The molecule has 1 N–H and O–H groups in total. The molecule has 1 aromatic rings. The largest absolute Gasteiger partial charge is 0.325 e. The van der Waals surface area contributed by atoms with Crippen LogP contribution in [0.1, 0.15) is 46.0 Å². The molecule has 0 radical (unpaired) electrons. The van der Waals surface area contributed by atoms with Crippen LogP contribution in [0.15, 0.2) is 23.1 Å². The zero-order chi connectivity index (χ0) is 19.9. The quantitative estimate of drug-likeness (QED) is 0.669. The molecule has 1 saturated heterocycles. The highest BCUT2D eigenvalue weighted by atomic mass is 35.5. The van der Waals surface area contributed by atoms with Crippen LogP contribution in [0, 0.1) is 0 Å². The van der Waals surface area contributed by atoms with E-state index >= 15 is 0 Å². The van der Waals surface area contributed by atoms with E-state index in [1.807, 2.05) is 6.92 Å². The smallest absolute Gasteiger partial charge is 0.244 e. The van der Waals surface area contributed by atoms with Crippen molar-refractivity contribution in [3.05, 3.63) is 23.2 Å². The van der Waals surface area contributed by atoms with Gasteiger partial charge in [0.1, 0.15) is 4.90 Å². The van der Waals surface area contributed by atoms with E-state index in [0.29, 0.717) is 18.8 Å². The predicted octanol–water partition coefficient (Wildman–Crippen LogP) is 3.58. The van der Waals surface area contributed by atoms with Gasteiger partial charge in [-0.05, 0) is 50.6 Å². The van der Waals surface area contributed by atoms with Gasteiger partial charge in [0.15, 0.2) is 0 Å². The number of unbranched alkanes of at least 4 members (excludes halogenated alkanes) is 1. The molecule has 1 aliphatic rings. The van der Waals surface area contributed by atoms with E-state index < -0.39 is 10.0 Å². The topological polar surface area (TPSA) is 69.7 Å². The first-order valence-corrected chi connectivity index (χ1v) is 11.5. The Hall–Kier alpha value is -1.15. The van der Waals surface area contributed by atoms with Gasteiger partial charge in [-0.3, -0.25) is 9.69 Å². The summed E-state index contributed by atoms with van der Waals surface area (Å²) in [7, 11) is -3.65. The molecule has 27 heavy (non-hydrogen) atoms. The Balaban J connectivity index is 2.11. The maximum Gasteiger partial charge on any atom is 0.244 e. The third-order valence-corrected chi connectivity index (χ3v) is 7.17. The molecule has 8 heteroatoms. The molecule has 0 bridgehead atoms. The number of nitrogens with one attached hydrogen (secondary N) is 1. The summed E-state index contributed by atoms with van der Waals surface area (Å²) >= 11 is 6.17. The Kier molecular flexibility index (Phi) is 8.54. The SMILES string of the molecule is CCCCN(CC)CC(=O)Nc1ccc(Cl)c(S(=O)(=O)N2CCCCC2)c1. The maximum absolute atomic E-state index is 12.9. The van der Waals surface area contributed by atoms with Gasteiger partial charge in [-0.2, -0.15) is 4.31 Å². The van der Waals surface area contributed by atoms with Crippen molar-refractivity contribution in [2.75, 3.05) is 38.0 Å². The summed E-state index contributed by atoms with van der Waals surface area (Å²) in [6.07, 6.45) is 4.88. The second-order valence-corrected chi connectivity index (χ2v) is 9.19. The summed E-state index contributed by atoms with van der Waals surface area (Å²) in [6.45, 7) is 7.11. The second-order valence-electron chi connectivity index (χ2n) is 6.88. The summed E-state index contributed by atoms with van der Waals surface area (Å²) in [5.41, 5.74) is 0.450. The van der Waals surface area contributed by atoms with Crippen molar-refractivity contribution in [2.24, 2.45) is 0 Å². The molecule has 1 aromatic carbocycles. The highest BCUT2D eigenvalue weighted by Crippen LogP contribution is 2.29. The van der Waals surface area contributed by atoms with Crippen LogP contribution in [0.25, 0.3) is 0 Å². The summed E-state index contributed by atoms with van der Waals surface area (Å²) in [5, 5.41) is 2.98. The molecule has 152 valence electrons. The molecule has 0 atom stereocenters. The Morgan fingerprint density at radius 3 is 2.56 bits per heavy atom. The minimum Gasteiger partial charge on any atom is -0.325 e. The predicted molar refractivity (Wildman–Crippen MR) is 110 cm³/mol. The fraction of sp³-hybridized carbons (Fsp3) is 0.632. The van der Waals surface area contributed by atoms with Crippen molar-refractivity contribution >= 4 is 33.2 Å². The number of hydrogen-bond donors (Lipinski definition) is 1. The number of rotatable bonds is 9. The molecule has 1 aliphatic heterocycles. The molecule has 2 rings (SSSR count). The monoisotopic (exact) mass is 415 g/mol. The number of benzene rings is 1. The Morgan fingerprint density at radius 2 is 1.93 bits per heavy atom. The molecule has 0 unspecified atom stereocenters. The van der Waals surface area contributed by atoms with Crippen molar-refractivity contribution < 1.29 is 13.2 Å². The maximum atomic E-state index is 12.9. The number of carbonyl (C=O) groups is 1. The minimum atomic E-state index is -3.65. The molecule has 1 amide bonds. The van der Waals surface area contributed by atoms with Crippen LogP contribution in [0.5, 0.6) is 0 Å². The lowest BCUT2D eigenvalue weighted by atomic mass is 10.2. The molecule has 0 aromatic heterocycles. The van der Waals surface area contributed by atoms with E-state index in [0.717, 1.165) is 45.2 Å². The van der Waals surface area contributed by atoms with E-state index in [1.165, 1.54) is 16.4 Å². The third-order valence-electron chi connectivity index (χ3n) is 4.79. The number of likely N-dealkylation sites (N-methyl/N-ethyl adjacent to an activating group) is 1. The van der Waals surface area contributed by atoms with Crippen molar-refractivity contribution in [3.8, 4) is 0 Å². The molecule has 0 saturated carbocycles. The lowest BCUT2D eigenvalue weighted by molar-refractivity contribution is -0.117. The van der Waals surface area contributed by atoms with Crippen LogP contribution in [0.3, 0.4) is 0 Å². The molecule has 1 heterocycles. The van der Waals surface area contributed by atoms with Gasteiger partial charge in [-0.1, -0.05) is 38.3 Å². The van der Waals surface area contributed by atoms with E-state index in [1.54, 1.807) is 6.07 Å². The van der Waals surface area contributed by atoms with E-state index in [9.17, 15) is 13.2 Å². The number of hydrogen-bond acceptors (Lipinski definition) is 4. The Bertz CT molecular complexity index is 734. The van der Waals surface area contributed by atoms with Gasteiger partial charge in [0.05, 0.1) is 11.6 Å². The summed E-state index contributed by atoms with van der Waals surface area (Å²) < 4.78 is 27.3. The van der Waals surface area contributed by atoms with Crippen molar-refractivity contribution in [3.63, 3.8) is 0 Å². The fourth-order valence-electron chi connectivity index (χ4n) is 3.16. The number of amides is 1. The molecular formula is C19H30ClN3O3S. The summed E-state index contributed by atoms with van der Waals surface area (Å²) in [6, 6.07) is 4.63. The van der Waals surface area contributed by atoms with Gasteiger partial charge in [0.25, 0.3) is 0 Å². The van der Waals surface area contributed by atoms with Crippen LogP contribution in [0.2, 0.25) is 5.02 Å². The van der Waals surface area contributed by atoms with Gasteiger partial charge < -0.3 is 5.32 Å². The van der Waals surface area contributed by atoms with E-state index in [4.69, 9.17) is 11.6 Å². The first-order chi connectivity index (χ1) is 12.9. The van der Waals surface area contributed by atoms with Crippen molar-refractivity contribution in [1.82, 2.24) is 9.21 Å². The third kappa shape index (κ3) is 6.17. The normalized spacial score (nSPS) is 15.9. The first-order valence-electron chi connectivity index (χ1n) is 9.70. The van der Waals surface area contributed by atoms with Crippen LogP contribution in [-0.2, 0) is 14.8 Å². The average molecular weight is 416 g/mol. The average Bonchev–Trinajstić information content (AvgIpc) is 2.67. The first kappa shape index (κ1) is 22.1. The van der Waals surface area contributed by atoms with Crippen molar-refractivity contribution in [2.45, 2.75) is 50.8 Å². The van der Waals surface area contributed by atoms with Gasteiger partial charge in [-0.15, -0.1) is 0 Å². The standard InChI is InChI=1S/C19H30ClN3O3S/c1-3-5-11-22(4-2)15-19(24)21-16-9-10-17(20)18(14-16)27(25,26)23-12-7-6-8-13-23/h9-10,14H,3-8,11-13,15H2,1-2H3,(H,21,24). The number of anilines is 1. The number of nitrogens with zero attached hydrogens (tertiary/aromatic N) is 2. The second kappa shape index (κ2) is 10.4. The zero-order valence-corrected chi connectivity index (χ0v) is 17.8. The molecular weight excluding hydrogens is 386 g/mol. The van der Waals surface area contributed by atoms with Crippen LogP contribution >= 0.6 is 11.6 Å². The highest BCUT2D eigenvalue weighted by Gasteiger charge is 2.28. The van der Waals surface area contributed by atoms with Crippen LogP contribution < -0.4 is 5.32 Å².